The van der Waals surface area contributed by atoms with Crippen LogP contribution >= 0.6 is 27.3 Å². The van der Waals surface area contributed by atoms with Gasteiger partial charge in [0.05, 0.1) is 28.0 Å². The maximum atomic E-state index is 5.93. The van der Waals surface area contributed by atoms with Crippen molar-refractivity contribution < 1.29 is 4.74 Å². The minimum Gasteiger partial charge on any atom is -0.376 e. The third kappa shape index (κ3) is 4.27. The smallest absolute Gasteiger partial charge is 0.107 e. The van der Waals surface area contributed by atoms with Crippen LogP contribution in [0.4, 0.5) is 0 Å². The fraction of sp³-hybridized carbons (Fsp3) is 0.400. The maximum Gasteiger partial charge on any atom is 0.107 e. The van der Waals surface area contributed by atoms with E-state index in [2.05, 4.69) is 51.2 Å². The summed E-state index contributed by atoms with van der Waals surface area (Å²) >= 11 is 5.26. The lowest BCUT2D eigenvalue weighted by atomic mass is 9.83. The summed E-state index contributed by atoms with van der Waals surface area (Å²) in [6, 6.07) is 12.5. The average Bonchev–Trinajstić information content (AvgIpc) is 3.06. The zero-order chi connectivity index (χ0) is 17.1. The highest BCUT2D eigenvalue weighted by Crippen LogP contribution is 2.39. The van der Waals surface area contributed by atoms with Crippen LogP contribution in [-0.4, -0.2) is 16.6 Å². The Labute approximate surface area is 160 Å². The molecular weight excluding hydrogens is 396 g/mol. The summed E-state index contributed by atoms with van der Waals surface area (Å²) in [5.74, 6) is 1.28. The van der Waals surface area contributed by atoms with E-state index in [9.17, 15) is 0 Å². The van der Waals surface area contributed by atoms with Crippen LogP contribution < -0.4 is 0 Å². The van der Waals surface area contributed by atoms with Gasteiger partial charge in [0.1, 0.15) is 4.60 Å². The molecule has 3 nitrogen and oxygen atoms in total. The minimum absolute atomic E-state index is 0.599. The zero-order valence-electron chi connectivity index (χ0n) is 14.0. The van der Waals surface area contributed by atoms with E-state index in [0.717, 1.165) is 23.3 Å². The summed E-state index contributed by atoms with van der Waals surface area (Å²) in [4.78, 5) is 9.09. The lowest BCUT2D eigenvalue weighted by molar-refractivity contribution is 0.0716. The van der Waals surface area contributed by atoms with Crippen molar-refractivity contribution in [3.8, 4) is 0 Å². The molecule has 25 heavy (non-hydrogen) atoms. The highest BCUT2D eigenvalue weighted by atomic mass is 79.9. The fourth-order valence-electron chi connectivity index (χ4n) is 3.49. The number of ether oxygens (including phenoxy) is 1. The van der Waals surface area contributed by atoms with E-state index in [4.69, 9.17) is 9.72 Å². The molecule has 0 spiro atoms. The number of aromatic nitrogens is 2. The summed E-state index contributed by atoms with van der Waals surface area (Å²) in [7, 11) is 0. The van der Waals surface area contributed by atoms with E-state index in [-0.39, 0.29) is 0 Å². The predicted octanol–water partition coefficient (Wildman–Crippen LogP) is 5.94. The largest absolute Gasteiger partial charge is 0.376 e. The molecule has 1 aliphatic rings. The third-order valence-corrected chi connectivity index (χ3v) is 6.53. The number of rotatable bonds is 5. The number of hydrogen-bond donors (Lipinski definition) is 0. The summed E-state index contributed by atoms with van der Waals surface area (Å²) in [6.45, 7) is 1.60. The van der Waals surface area contributed by atoms with Crippen LogP contribution in [-0.2, 0) is 11.3 Å². The van der Waals surface area contributed by atoms with Gasteiger partial charge in [-0.05, 0) is 59.2 Å². The van der Waals surface area contributed by atoms with E-state index in [0.29, 0.717) is 11.8 Å². The Bertz CT molecular complexity index is 828. The molecule has 2 heterocycles. The summed E-state index contributed by atoms with van der Waals surface area (Å²) < 4.78 is 8.05. The van der Waals surface area contributed by atoms with Gasteiger partial charge in [-0.25, -0.2) is 9.97 Å². The van der Waals surface area contributed by atoms with E-state index < -0.39 is 0 Å². The number of nitrogens with zero attached hydrogens (tertiary/aromatic N) is 2. The fourth-order valence-corrected chi connectivity index (χ4v) is 5.12. The Balaban J connectivity index is 1.28. The van der Waals surface area contributed by atoms with Crippen molar-refractivity contribution in [2.45, 2.75) is 38.2 Å². The van der Waals surface area contributed by atoms with Crippen LogP contribution in [0.15, 0.2) is 47.2 Å². The number of thiazole rings is 1. The van der Waals surface area contributed by atoms with Crippen molar-refractivity contribution in [3.05, 3.63) is 57.8 Å². The standard InChI is InChI=1S/C20H21BrN2OS/c21-19-10-18-17(11-22-19)23-20(25-18)16-8-6-15(7-9-16)13-24-12-14-4-2-1-3-5-14/h1-5,10-11,15-16H,6-9,12-13H2/t15-,16-. The van der Waals surface area contributed by atoms with E-state index >= 15 is 0 Å². The molecule has 0 N–H and O–H groups in total. The first-order valence-corrected chi connectivity index (χ1v) is 10.4. The van der Waals surface area contributed by atoms with Gasteiger partial charge in [-0.3, -0.25) is 0 Å². The second kappa shape index (κ2) is 7.94. The molecule has 5 heteroatoms. The molecule has 1 fully saturated rings. The minimum atomic E-state index is 0.599. The quantitative estimate of drug-likeness (QED) is 0.482. The molecule has 0 aliphatic heterocycles. The molecule has 0 saturated heterocycles. The van der Waals surface area contributed by atoms with Crippen molar-refractivity contribution in [1.29, 1.82) is 0 Å². The van der Waals surface area contributed by atoms with Gasteiger partial charge in [-0.1, -0.05) is 30.3 Å². The van der Waals surface area contributed by atoms with Gasteiger partial charge in [-0.15, -0.1) is 11.3 Å². The second-order valence-electron chi connectivity index (χ2n) is 6.75. The predicted molar refractivity (Wildman–Crippen MR) is 106 cm³/mol. The zero-order valence-corrected chi connectivity index (χ0v) is 16.4. The van der Waals surface area contributed by atoms with Gasteiger partial charge in [0.15, 0.2) is 0 Å². The van der Waals surface area contributed by atoms with Gasteiger partial charge in [0, 0.05) is 12.5 Å². The number of fused-ring (bicyclic) bond motifs is 1. The number of halogens is 1. The molecular formula is C20H21BrN2OS. The highest BCUT2D eigenvalue weighted by molar-refractivity contribution is 9.10. The van der Waals surface area contributed by atoms with Gasteiger partial charge in [0.2, 0.25) is 0 Å². The molecule has 2 aromatic heterocycles. The molecule has 0 bridgehead atoms. The average molecular weight is 417 g/mol. The van der Waals surface area contributed by atoms with Crippen molar-refractivity contribution in [2.75, 3.05) is 6.61 Å². The number of hydrogen-bond acceptors (Lipinski definition) is 4. The summed E-state index contributed by atoms with van der Waals surface area (Å²) in [6.07, 6.45) is 6.76. The molecule has 0 unspecified atom stereocenters. The summed E-state index contributed by atoms with van der Waals surface area (Å²) in [5, 5.41) is 1.28. The molecule has 0 radical (unpaired) electrons. The SMILES string of the molecule is Brc1cc2sc([C@H]3CC[C@H](COCc4ccccc4)CC3)nc2cn1. The van der Waals surface area contributed by atoms with Crippen molar-refractivity contribution in [3.63, 3.8) is 0 Å². The Kier molecular flexibility index (Phi) is 5.44. The molecule has 1 aliphatic carbocycles. The summed E-state index contributed by atoms with van der Waals surface area (Å²) in [5.41, 5.74) is 2.28. The normalized spacial score (nSPS) is 20.8. The molecule has 3 aromatic rings. The first-order chi connectivity index (χ1) is 12.3. The van der Waals surface area contributed by atoms with Crippen molar-refractivity contribution in [1.82, 2.24) is 9.97 Å². The lowest BCUT2D eigenvalue weighted by Gasteiger charge is -2.27. The van der Waals surface area contributed by atoms with Crippen LogP contribution in [0, 0.1) is 5.92 Å². The Hall–Kier alpha value is -1.30. The van der Waals surface area contributed by atoms with Crippen LogP contribution in [0.5, 0.6) is 0 Å². The van der Waals surface area contributed by atoms with Gasteiger partial charge >= 0.3 is 0 Å². The Morgan fingerprint density at radius 1 is 1.12 bits per heavy atom. The Morgan fingerprint density at radius 2 is 1.92 bits per heavy atom. The van der Waals surface area contributed by atoms with Crippen LogP contribution in [0.3, 0.4) is 0 Å². The maximum absolute atomic E-state index is 5.93. The lowest BCUT2D eigenvalue weighted by Crippen LogP contribution is -2.17. The molecule has 0 atom stereocenters. The molecule has 1 saturated carbocycles. The van der Waals surface area contributed by atoms with Gasteiger partial charge in [-0.2, -0.15) is 0 Å². The number of pyridine rings is 1. The first-order valence-electron chi connectivity index (χ1n) is 8.81. The van der Waals surface area contributed by atoms with Crippen LogP contribution in [0.1, 0.15) is 42.2 Å². The molecule has 1 aromatic carbocycles. The van der Waals surface area contributed by atoms with E-state index in [1.807, 2.05) is 23.6 Å². The molecule has 4 rings (SSSR count). The second-order valence-corrected chi connectivity index (χ2v) is 8.62. The van der Waals surface area contributed by atoms with Crippen molar-refractivity contribution in [2.24, 2.45) is 5.92 Å². The van der Waals surface area contributed by atoms with E-state index in [1.165, 1.54) is 41.0 Å². The first kappa shape index (κ1) is 17.1. The van der Waals surface area contributed by atoms with Gasteiger partial charge < -0.3 is 4.74 Å². The Morgan fingerprint density at radius 3 is 2.72 bits per heavy atom. The number of benzene rings is 1. The van der Waals surface area contributed by atoms with Crippen molar-refractivity contribution >= 4 is 37.5 Å². The topological polar surface area (TPSA) is 35.0 Å². The van der Waals surface area contributed by atoms with Gasteiger partial charge in [0.25, 0.3) is 0 Å². The molecule has 130 valence electrons. The van der Waals surface area contributed by atoms with Crippen LogP contribution in [0.2, 0.25) is 0 Å². The van der Waals surface area contributed by atoms with Crippen LogP contribution in [0.25, 0.3) is 10.2 Å². The highest BCUT2D eigenvalue weighted by Gasteiger charge is 2.25. The monoisotopic (exact) mass is 416 g/mol. The van der Waals surface area contributed by atoms with E-state index in [1.54, 1.807) is 0 Å². The third-order valence-electron chi connectivity index (χ3n) is 4.92. The molecule has 0 amide bonds.